The molecule has 0 spiro atoms. The van der Waals surface area contributed by atoms with Gasteiger partial charge in [-0.25, -0.2) is 4.79 Å². The Bertz CT molecular complexity index is 1170. The molecule has 1 aromatic heterocycles. The molecule has 1 heterocycles. The molecule has 3 rings (SSSR count). The summed E-state index contributed by atoms with van der Waals surface area (Å²) in [6.45, 7) is 3.79. The molecule has 0 aliphatic carbocycles. The molecule has 0 saturated heterocycles. The van der Waals surface area contributed by atoms with Crippen molar-refractivity contribution in [2.75, 3.05) is 5.32 Å². The van der Waals surface area contributed by atoms with Crippen LogP contribution in [0.2, 0.25) is 0 Å². The second-order valence-corrected chi connectivity index (χ2v) is 6.53. The number of hydrogen-bond acceptors (Lipinski definition) is 4. The van der Waals surface area contributed by atoms with Crippen LogP contribution in [0.25, 0.3) is 17.4 Å². The molecule has 0 aliphatic heterocycles. The van der Waals surface area contributed by atoms with Crippen LogP contribution in [-0.2, 0) is 4.79 Å². The van der Waals surface area contributed by atoms with Gasteiger partial charge in [0.25, 0.3) is 5.91 Å². The van der Waals surface area contributed by atoms with E-state index in [0.29, 0.717) is 22.8 Å². The lowest BCUT2D eigenvalue weighted by atomic mass is 10.1. The van der Waals surface area contributed by atoms with Crippen molar-refractivity contribution in [3.63, 3.8) is 0 Å². The van der Waals surface area contributed by atoms with Crippen molar-refractivity contribution < 1.29 is 19.1 Å². The molecule has 6 heteroatoms. The van der Waals surface area contributed by atoms with Crippen molar-refractivity contribution >= 4 is 23.6 Å². The number of aromatic carboxylic acids is 1. The number of amides is 1. The number of hydrogen-bond donors (Lipinski definition) is 2. The number of carboxylic acids is 1. The van der Waals surface area contributed by atoms with Crippen molar-refractivity contribution in [1.29, 1.82) is 5.26 Å². The quantitative estimate of drug-likeness (QED) is 0.484. The van der Waals surface area contributed by atoms with E-state index in [0.717, 1.165) is 11.1 Å². The Kier molecular flexibility index (Phi) is 5.61. The number of benzene rings is 2. The van der Waals surface area contributed by atoms with Crippen LogP contribution in [0.5, 0.6) is 0 Å². The highest BCUT2D eigenvalue weighted by Gasteiger charge is 2.13. The van der Waals surface area contributed by atoms with Crippen LogP contribution in [0, 0.1) is 25.2 Å². The third-order valence-corrected chi connectivity index (χ3v) is 4.31. The molecule has 0 unspecified atom stereocenters. The molecule has 0 atom stereocenters. The monoisotopic (exact) mass is 386 g/mol. The predicted octanol–water partition coefficient (Wildman–Crippen LogP) is 4.81. The van der Waals surface area contributed by atoms with E-state index in [-0.39, 0.29) is 11.1 Å². The number of aryl methyl sites for hydroxylation is 2. The van der Waals surface area contributed by atoms with E-state index in [1.165, 1.54) is 18.2 Å². The van der Waals surface area contributed by atoms with E-state index in [1.54, 1.807) is 24.3 Å². The van der Waals surface area contributed by atoms with Gasteiger partial charge in [-0.1, -0.05) is 24.3 Å². The van der Waals surface area contributed by atoms with Gasteiger partial charge in [-0.05, 0) is 55.3 Å². The van der Waals surface area contributed by atoms with E-state index in [9.17, 15) is 14.9 Å². The second kappa shape index (κ2) is 8.28. The Morgan fingerprint density at radius 1 is 1.10 bits per heavy atom. The van der Waals surface area contributed by atoms with Gasteiger partial charge in [0.05, 0.1) is 5.56 Å². The zero-order valence-corrected chi connectivity index (χ0v) is 15.9. The van der Waals surface area contributed by atoms with E-state index >= 15 is 0 Å². The number of carboxylic acid groups (broad SMARTS) is 1. The molecular formula is C23H18N2O4. The molecule has 0 aliphatic rings. The Balaban J connectivity index is 1.84. The average Bonchev–Trinajstić information content (AvgIpc) is 3.17. The Morgan fingerprint density at radius 3 is 2.62 bits per heavy atom. The van der Waals surface area contributed by atoms with Gasteiger partial charge in [0.1, 0.15) is 23.2 Å². The minimum atomic E-state index is -1.03. The zero-order valence-electron chi connectivity index (χ0n) is 15.9. The fourth-order valence-corrected chi connectivity index (χ4v) is 2.74. The standard InChI is InChI=1S/C23H18N2O4/c1-14-6-7-15(2)20(10-14)25-22(26)18(13-24)12-19-8-9-21(29-19)16-4-3-5-17(11-16)23(27)28/h3-12H,1-2H3,(H,25,26)(H,27,28)/b18-12+. The molecule has 0 radical (unpaired) electrons. The fraction of sp³-hybridized carbons (Fsp3) is 0.0870. The summed E-state index contributed by atoms with van der Waals surface area (Å²) < 4.78 is 5.68. The maximum atomic E-state index is 12.5. The number of carbonyl (C=O) groups excluding carboxylic acids is 1. The highest BCUT2D eigenvalue weighted by Crippen LogP contribution is 2.25. The first kappa shape index (κ1) is 19.6. The summed E-state index contributed by atoms with van der Waals surface area (Å²) in [5, 5.41) is 21.2. The molecule has 144 valence electrons. The van der Waals surface area contributed by atoms with Gasteiger partial charge in [-0.3, -0.25) is 4.79 Å². The highest BCUT2D eigenvalue weighted by molar-refractivity contribution is 6.09. The Morgan fingerprint density at radius 2 is 1.90 bits per heavy atom. The number of furan rings is 1. The third kappa shape index (κ3) is 4.60. The first-order chi connectivity index (χ1) is 13.9. The maximum absolute atomic E-state index is 12.5. The van der Waals surface area contributed by atoms with Gasteiger partial charge in [0.2, 0.25) is 0 Å². The first-order valence-electron chi connectivity index (χ1n) is 8.81. The number of anilines is 1. The van der Waals surface area contributed by atoms with Gasteiger partial charge < -0.3 is 14.8 Å². The number of nitriles is 1. The van der Waals surface area contributed by atoms with Crippen LogP contribution in [0.15, 0.2) is 64.6 Å². The van der Waals surface area contributed by atoms with Gasteiger partial charge in [-0.15, -0.1) is 0 Å². The van der Waals surface area contributed by atoms with Crippen molar-refractivity contribution in [3.05, 3.63) is 82.6 Å². The van der Waals surface area contributed by atoms with Gasteiger partial charge in [-0.2, -0.15) is 5.26 Å². The van der Waals surface area contributed by atoms with Crippen LogP contribution in [0.1, 0.15) is 27.2 Å². The van der Waals surface area contributed by atoms with E-state index in [1.807, 2.05) is 38.1 Å². The summed E-state index contributed by atoms with van der Waals surface area (Å²) in [7, 11) is 0. The number of nitrogens with zero attached hydrogens (tertiary/aromatic N) is 1. The lowest BCUT2D eigenvalue weighted by molar-refractivity contribution is -0.112. The minimum Gasteiger partial charge on any atom is -0.478 e. The van der Waals surface area contributed by atoms with Crippen LogP contribution in [0.3, 0.4) is 0 Å². The van der Waals surface area contributed by atoms with Crippen molar-refractivity contribution in [2.45, 2.75) is 13.8 Å². The normalized spacial score (nSPS) is 11.0. The molecule has 0 saturated carbocycles. The third-order valence-electron chi connectivity index (χ3n) is 4.31. The van der Waals surface area contributed by atoms with E-state index in [2.05, 4.69) is 5.32 Å². The summed E-state index contributed by atoms with van der Waals surface area (Å²) in [6.07, 6.45) is 1.35. The van der Waals surface area contributed by atoms with E-state index in [4.69, 9.17) is 9.52 Å². The molecule has 0 bridgehead atoms. The summed E-state index contributed by atoms with van der Waals surface area (Å²) in [5.41, 5.74) is 3.14. The minimum absolute atomic E-state index is 0.105. The molecule has 3 aromatic rings. The Hall–Kier alpha value is -4.11. The smallest absolute Gasteiger partial charge is 0.335 e. The van der Waals surface area contributed by atoms with Crippen LogP contribution < -0.4 is 5.32 Å². The average molecular weight is 386 g/mol. The van der Waals surface area contributed by atoms with Gasteiger partial charge in [0, 0.05) is 17.3 Å². The SMILES string of the molecule is Cc1ccc(C)c(NC(=O)/C(C#N)=C/c2ccc(-c3cccc(C(=O)O)c3)o2)c1. The second-order valence-electron chi connectivity index (χ2n) is 6.53. The lowest BCUT2D eigenvalue weighted by Crippen LogP contribution is -2.14. The molecular weight excluding hydrogens is 368 g/mol. The summed E-state index contributed by atoms with van der Waals surface area (Å²) in [6, 6.07) is 17.2. The molecule has 0 fully saturated rings. The number of nitrogens with one attached hydrogen (secondary N) is 1. The lowest BCUT2D eigenvalue weighted by Gasteiger charge is -2.08. The molecule has 6 nitrogen and oxygen atoms in total. The van der Waals surface area contributed by atoms with Crippen LogP contribution in [-0.4, -0.2) is 17.0 Å². The predicted molar refractivity (Wildman–Crippen MR) is 109 cm³/mol. The van der Waals surface area contributed by atoms with Crippen LogP contribution in [0.4, 0.5) is 5.69 Å². The summed E-state index contributed by atoms with van der Waals surface area (Å²) in [5.74, 6) is -0.819. The summed E-state index contributed by atoms with van der Waals surface area (Å²) in [4.78, 5) is 23.6. The largest absolute Gasteiger partial charge is 0.478 e. The zero-order chi connectivity index (χ0) is 21.0. The summed E-state index contributed by atoms with van der Waals surface area (Å²) >= 11 is 0. The Labute approximate surface area is 167 Å². The van der Waals surface area contributed by atoms with Crippen molar-refractivity contribution in [3.8, 4) is 17.4 Å². The van der Waals surface area contributed by atoms with Gasteiger partial charge >= 0.3 is 5.97 Å². The van der Waals surface area contributed by atoms with Crippen molar-refractivity contribution in [2.24, 2.45) is 0 Å². The molecule has 29 heavy (non-hydrogen) atoms. The van der Waals surface area contributed by atoms with Crippen molar-refractivity contribution in [1.82, 2.24) is 0 Å². The van der Waals surface area contributed by atoms with E-state index < -0.39 is 11.9 Å². The molecule has 2 aromatic carbocycles. The molecule has 2 N–H and O–H groups in total. The van der Waals surface area contributed by atoms with Gasteiger partial charge in [0.15, 0.2) is 0 Å². The fourth-order valence-electron chi connectivity index (χ4n) is 2.74. The number of rotatable bonds is 5. The first-order valence-corrected chi connectivity index (χ1v) is 8.81. The maximum Gasteiger partial charge on any atom is 0.335 e. The van der Waals surface area contributed by atoms with Crippen LogP contribution >= 0.6 is 0 Å². The highest BCUT2D eigenvalue weighted by atomic mass is 16.4. The molecule has 1 amide bonds. The topological polar surface area (TPSA) is 103 Å². The number of carbonyl (C=O) groups is 2.